The van der Waals surface area contributed by atoms with Gasteiger partial charge >= 0.3 is 0 Å². The fraction of sp³-hybridized carbons (Fsp3) is 0. The molecule has 0 radical (unpaired) electrons. The van der Waals surface area contributed by atoms with Gasteiger partial charge in [0.2, 0.25) is 0 Å². The minimum Gasteiger partial charge on any atom is -0.506 e. The summed E-state index contributed by atoms with van der Waals surface area (Å²) in [7, 11) is 0. The van der Waals surface area contributed by atoms with Gasteiger partial charge in [0, 0.05) is 11.6 Å². The molecule has 0 fully saturated rings. The minimum atomic E-state index is -0.758. The van der Waals surface area contributed by atoms with Crippen molar-refractivity contribution in [1.29, 1.82) is 0 Å². The number of carbonyl (C=O) groups is 1. The number of halogens is 2. The van der Waals surface area contributed by atoms with E-state index in [4.69, 9.17) is 11.6 Å². The Morgan fingerprint density at radius 2 is 1.58 bits per heavy atom. The number of phenolic OH excluding ortho intramolecular Hbond substituents is 1. The third-order valence-electron chi connectivity index (χ3n) is 3.54. The Morgan fingerprint density at radius 1 is 0.958 bits per heavy atom. The molecule has 0 bridgehead atoms. The summed E-state index contributed by atoms with van der Waals surface area (Å²) in [6.45, 7) is 0. The first-order valence-corrected chi connectivity index (χ1v) is 7.57. The molecular weight excluding hydrogens is 329 g/mol. The van der Waals surface area contributed by atoms with Crippen LogP contribution in [-0.2, 0) is 0 Å². The molecule has 3 aromatic carbocycles. The van der Waals surface area contributed by atoms with Crippen molar-refractivity contribution in [3.63, 3.8) is 0 Å². The van der Waals surface area contributed by atoms with Crippen LogP contribution in [0.2, 0.25) is 5.02 Å². The topological polar surface area (TPSA) is 49.3 Å². The molecule has 3 aromatic rings. The maximum atomic E-state index is 13.8. The van der Waals surface area contributed by atoms with Gasteiger partial charge in [-0.2, -0.15) is 0 Å². The standard InChI is InChI=1S/C19H13ClFNO2/c20-15-10-17(16(21)11-18(15)23)22-19(24)14-8-6-13(7-9-14)12-4-2-1-3-5-12/h1-11,23H,(H,22,24). The Kier molecular flexibility index (Phi) is 4.49. The number of phenols is 1. The highest BCUT2D eigenvalue weighted by atomic mass is 35.5. The molecule has 0 heterocycles. The molecule has 0 aromatic heterocycles. The largest absolute Gasteiger partial charge is 0.506 e. The third-order valence-corrected chi connectivity index (χ3v) is 3.84. The van der Waals surface area contributed by atoms with E-state index in [1.54, 1.807) is 12.1 Å². The molecule has 1 amide bonds. The van der Waals surface area contributed by atoms with Crippen molar-refractivity contribution in [2.45, 2.75) is 0 Å². The molecule has 0 saturated carbocycles. The normalized spacial score (nSPS) is 10.4. The van der Waals surface area contributed by atoms with E-state index in [1.165, 1.54) is 6.07 Å². The van der Waals surface area contributed by atoms with Crippen molar-refractivity contribution >= 4 is 23.2 Å². The van der Waals surface area contributed by atoms with Gasteiger partial charge in [0.15, 0.2) is 5.82 Å². The number of aromatic hydroxyl groups is 1. The molecule has 120 valence electrons. The minimum absolute atomic E-state index is 0.0360. The van der Waals surface area contributed by atoms with Gasteiger partial charge in [-0.1, -0.05) is 54.1 Å². The Bertz CT molecular complexity index is 880. The quantitative estimate of drug-likeness (QED) is 0.651. The van der Waals surface area contributed by atoms with E-state index in [1.807, 2.05) is 42.5 Å². The van der Waals surface area contributed by atoms with Crippen LogP contribution in [-0.4, -0.2) is 11.0 Å². The second kappa shape index (κ2) is 6.72. The van der Waals surface area contributed by atoms with Crippen molar-refractivity contribution in [2.75, 3.05) is 5.32 Å². The van der Waals surface area contributed by atoms with E-state index in [2.05, 4.69) is 5.32 Å². The molecule has 24 heavy (non-hydrogen) atoms. The molecule has 0 aliphatic carbocycles. The molecule has 0 atom stereocenters. The molecule has 2 N–H and O–H groups in total. The van der Waals surface area contributed by atoms with Gasteiger partial charge in [0.1, 0.15) is 5.75 Å². The van der Waals surface area contributed by atoms with Gasteiger partial charge < -0.3 is 10.4 Å². The molecule has 0 saturated heterocycles. The Labute approximate surface area is 143 Å². The lowest BCUT2D eigenvalue weighted by Crippen LogP contribution is -2.12. The maximum Gasteiger partial charge on any atom is 0.255 e. The van der Waals surface area contributed by atoms with Crippen molar-refractivity contribution < 1.29 is 14.3 Å². The summed E-state index contributed by atoms with van der Waals surface area (Å²) in [5.41, 5.74) is 2.32. The van der Waals surface area contributed by atoms with E-state index in [0.29, 0.717) is 5.56 Å². The summed E-state index contributed by atoms with van der Waals surface area (Å²) in [6, 6.07) is 18.8. The lowest BCUT2D eigenvalue weighted by molar-refractivity contribution is 0.102. The van der Waals surface area contributed by atoms with E-state index in [0.717, 1.165) is 17.2 Å². The van der Waals surface area contributed by atoms with Gasteiger partial charge in [0.05, 0.1) is 10.7 Å². The first-order valence-electron chi connectivity index (χ1n) is 7.19. The predicted octanol–water partition coefficient (Wildman–Crippen LogP) is 5.10. The van der Waals surface area contributed by atoms with E-state index in [-0.39, 0.29) is 16.5 Å². The number of nitrogens with one attached hydrogen (secondary N) is 1. The molecular formula is C19H13ClFNO2. The van der Waals surface area contributed by atoms with Gasteiger partial charge in [-0.15, -0.1) is 0 Å². The average molecular weight is 342 g/mol. The summed E-state index contributed by atoms with van der Waals surface area (Å²) in [4.78, 5) is 12.2. The Balaban J connectivity index is 1.80. The first-order chi connectivity index (χ1) is 11.5. The summed E-state index contributed by atoms with van der Waals surface area (Å²) in [5, 5.41) is 11.7. The van der Waals surface area contributed by atoms with E-state index >= 15 is 0 Å². The first kappa shape index (κ1) is 16.0. The van der Waals surface area contributed by atoms with Gasteiger partial charge in [-0.05, 0) is 29.3 Å². The van der Waals surface area contributed by atoms with Crippen molar-refractivity contribution in [1.82, 2.24) is 0 Å². The zero-order valence-electron chi connectivity index (χ0n) is 12.5. The molecule has 0 spiro atoms. The third kappa shape index (κ3) is 3.39. The van der Waals surface area contributed by atoms with Crippen LogP contribution >= 0.6 is 11.6 Å². The Hall–Kier alpha value is -2.85. The Morgan fingerprint density at radius 3 is 2.25 bits per heavy atom. The number of amides is 1. The van der Waals surface area contributed by atoms with Gasteiger partial charge in [0.25, 0.3) is 5.91 Å². The monoisotopic (exact) mass is 341 g/mol. The van der Waals surface area contributed by atoms with E-state index < -0.39 is 11.7 Å². The predicted molar refractivity (Wildman–Crippen MR) is 92.9 cm³/mol. The van der Waals surface area contributed by atoms with Crippen molar-refractivity contribution in [3.05, 3.63) is 83.1 Å². The highest BCUT2D eigenvalue weighted by molar-refractivity contribution is 6.32. The molecule has 0 unspecified atom stereocenters. The fourth-order valence-electron chi connectivity index (χ4n) is 2.27. The van der Waals surface area contributed by atoms with E-state index in [9.17, 15) is 14.3 Å². The van der Waals surface area contributed by atoms with Crippen LogP contribution in [0.15, 0.2) is 66.7 Å². The fourth-order valence-corrected chi connectivity index (χ4v) is 2.43. The number of anilines is 1. The lowest BCUT2D eigenvalue weighted by atomic mass is 10.0. The van der Waals surface area contributed by atoms with Crippen molar-refractivity contribution in [3.8, 4) is 16.9 Å². The number of rotatable bonds is 3. The van der Waals surface area contributed by atoms with Gasteiger partial charge in [-0.3, -0.25) is 4.79 Å². The zero-order chi connectivity index (χ0) is 17.1. The number of hydrogen-bond acceptors (Lipinski definition) is 2. The number of carbonyl (C=O) groups excluding carboxylic acids is 1. The second-order valence-corrected chi connectivity index (χ2v) is 5.59. The van der Waals surface area contributed by atoms with Crippen LogP contribution in [0.25, 0.3) is 11.1 Å². The summed E-state index contributed by atoms with van der Waals surface area (Å²) >= 11 is 5.74. The average Bonchev–Trinajstić information content (AvgIpc) is 2.60. The lowest BCUT2D eigenvalue weighted by Gasteiger charge is -2.09. The zero-order valence-corrected chi connectivity index (χ0v) is 13.2. The highest BCUT2D eigenvalue weighted by Gasteiger charge is 2.12. The molecule has 0 aliphatic heterocycles. The highest BCUT2D eigenvalue weighted by Crippen LogP contribution is 2.29. The maximum absolute atomic E-state index is 13.8. The van der Waals surface area contributed by atoms with Crippen LogP contribution in [0.4, 0.5) is 10.1 Å². The number of benzene rings is 3. The smallest absolute Gasteiger partial charge is 0.255 e. The molecule has 0 aliphatic rings. The molecule has 5 heteroatoms. The van der Waals surface area contributed by atoms with Crippen LogP contribution in [0.3, 0.4) is 0 Å². The van der Waals surface area contributed by atoms with Crippen LogP contribution in [0, 0.1) is 5.82 Å². The van der Waals surface area contributed by atoms with Crippen molar-refractivity contribution in [2.24, 2.45) is 0 Å². The SMILES string of the molecule is O=C(Nc1cc(Cl)c(O)cc1F)c1ccc(-c2ccccc2)cc1. The van der Waals surface area contributed by atoms with Crippen LogP contribution in [0.1, 0.15) is 10.4 Å². The van der Waals surface area contributed by atoms with Crippen LogP contribution < -0.4 is 5.32 Å². The molecule has 3 rings (SSSR count). The summed E-state index contributed by atoms with van der Waals surface area (Å²) < 4.78 is 13.8. The second-order valence-electron chi connectivity index (χ2n) is 5.18. The summed E-state index contributed by atoms with van der Waals surface area (Å²) in [5.74, 6) is -1.60. The molecule has 3 nitrogen and oxygen atoms in total. The van der Waals surface area contributed by atoms with Crippen LogP contribution in [0.5, 0.6) is 5.75 Å². The number of hydrogen-bond donors (Lipinski definition) is 2. The summed E-state index contributed by atoms with van der Waals surface area (Å²) in [6.07, 6.45) is 0. The van der Waals surface area contributed by atoms with Gasteiger partial charge in [-0.25, -0.2) is 4.39 Å².